The molecule has 3 atom stereocenters. The van der Waals surface area contributed by atoms with E-state index in [1.54, 1.807) is 0 Å². The van der Waals surface area contributed by atoms with Gasteiger partial charge in [0.25, 0.3) is 0 Å². The molecule has 0 bridgehead atoms. The monoisotopic (exact) mass is 471 g/mol. The normalized spacial score (nSPS) is 30.1. The molecule has 2 amide bonds. The zero-order valence-electron chi connectivity index (χ0n) is 21.2. The van der Waals surface area contributed by atoms with Crippen LogP contribution < -0.4 is 0 Å². The van der Waals surface area contributed by atoms with Gasteiger partial charge < -0.3 is 24.2 Å². The third-order valence-electron chi connectivity index (χ3n) is 7.24. The van der Waals surface area contributed by atoms with E-state index in [4.69, 9.17) is 9.47 Å². The number of carbonyl (C=O) groups is 3. The van der Waals surface area contributed by atoms with Crippen molar-refractivity contribution in [3.05, 3.63) is 22.9 Å². The van der Waals surface area contributed by atoms with Crippen LogP contribution in [0.2, 0.25) is 0 Å². The van der Waals surface area contributed by atoms with Gasteiger partial charge in [0.1, 0.15) is 16.9 Å². The highest BCUT2D eigenvalue weighted by molar-refractivity contribution is 5.97. The van der Waals surface area contributed by atoms with Crippen LogP contribution in [0.3, 0.4) is 0 Å². The molecule has 0 aromatic rings. The van der Waals surface area contributed by atoms with Gasteiger partial charge in [0.2, 0.25) is 5.91 Å². The summed E-state index contributed by atoms with van der Waals surface area (Å²) in [4.78, 5) is 45.1. The first-order valence-electron chi connectivity index (χ1n) is 12.6. The highest BCUT2D eigenvalue weighted by Crippen LogP contribution is 2.48. The lowest BCUT2D eigenvalue weighted by Crippen LogP contribution is -2.65. The molecule has 4 aliphatic heterocycles. The summed E-state index contributed by atoms with van der Waals surface area (Å²) in [7, 11) is 0. The minimum absolute atomic E-state index is 0.0324. The molecular weight excluding hydrogens is 434 g/mol. The Labute approximate surface area is 201 Å². The molecule has 5 aliphatic rings. The quantitative estimate of drug-likeness (QED) is 0.465. The lowest BCUT2D eigenvalue weighted by atomic mass is 9.79. The van der Waals surface area contributed by atoms with E-state index in [1.165, 1.54) is 0 Å². The second-order valence-corrected chi connectivity index (χ2v) is 12.3. The van der Waals surface area contributed by atoms with Crippen molar-refractivity contribution < 1.29 is 23.9 Å². The Balaban J connectivity index is 1.43. The Morgan fingerprint density at radius 3 is 2.26 bits per heavy atom. The van der Waals surface area contributed by atoms with Gasteiger partial charge in [-0.3, -0.25) is 4.79 Å². The van der Waals surface area contributed by atoms with Crippen molar-refractivity contribution in [2.24, 2.45) is 5.92 Å². The summed E-state index contributed by atoms with van der Waals surface area (Å²) in [6.07, 6.45) is 5.18. The second-order valence-electron chi connectivity index (χ2n) is 12.3. The molecule has 8 heteroatoms. The van der Waals surface area contributed by atoms with Crippen molar-refractivity contribution >= 4 is 18.0 Å². The van der Waals surface area contributed by atoms with Crippen molar-refractivity contribution in [2.45, 2.75) is 96.6 Å². The van der Waals surface area contributed by atoms with E-state index in [9.17, 15) is 14.4 Å². The standard InChI is InChI=1S/C26H37N3O5/c1-25(2,3)33-23(31)21-16(11-15-9-10-27(22(15)30)18-7-8-18)12-17-13-28(19-14-29(21)20(17)19)24(32)34-26(4,5)6/h11,17-20H,7-10,12-14H2,1-6H3/t17?,19?,20-/m1/s1. The number of carbonyl (C=O) groups excluding carboxylic acids is 3. The SMILES string of the molecule is CC(C)(C)OC(=O)C1=C(C=C2CCN(C3CC3)C2=O)CC2CN(C(=O)OC(C)(C)C)C3CN1[C@H]23. The maximum Gasteiger partial charge on any atom is 0.410 e. The van der Waals surface area contributed by atoms with Crippen LogP contribution >= 0.6 is 0 Å². The van der Waals surface area contributed by atoms with E-state index in [-0.39, 0.29) is 36.0 Å². The molecule has 34 heavy (non-hydrogen) atoms. The number of esters is 1. The number of allylic oxidation sites excluding steroid dienone is 2. The smallest absolute Gasteiger partial charge is 0.410 e. The maximum absolute atomic E-state index is 13.3. The molecule has 0 radical (unpaired) electrons. The molecule has 1 aliphatic carbocycles. The number of ether oxygens (including phenoxy) is 2. The first-order valence-corrected chi connectivity index (χ1v) is 12.6. The fraction of sp³-hybridized carbons (Fsp3) is 0.731. The summed E-state index contributed by atoms with van der Waals surface area (Å²) in [5.41, 5.74) is 1.03. The Hall–Kier alpha value is -2.51. The Morgan fingerprint density at radius 2 is 1.65 bits per heavy atom. The highest BCUT2D eigenvalue weighted by Gasteiger charge is 2.59. The number of hydrogen-bond acceptors (Lipinski definition) is 6. The molecule has 3 saturated heterocycles. The van der Waals surface area contributed by atoms with Crippen molar-refractivity contribution in [3.63, 3.8) is 0 Å². The molecule has 0 spiro atoms. The van der Waals surface area contributed by atoms with Crippen LogP contribution in [0.1, 0.15) is 67.2 Å². The molecule has 186 valence electrons. The van der Waals surface area contributed by atoms with Crippen molar-refractivity contribution in [1.29, 1.82) is 0 Å². The molecule has 2 unspecified atom stereocenters. The van der Waals surface area contributed by atoms with E-state index < -0.39 is 11.2 Å². The van der Waals surface area contributed by atoms with Crippen LogP contribution in [-0.4, -0.2) is 81.6 Å². The van der Waals surface area contributed by atoms with E-state index >= 15 is 0 Å². The lowest BCUT2D eigenvalue weighted by Gasteiger charge is -2.52. The first kappa shape index (κ1) is 23.2. The van der Waals surface area contributed by atoms with Gasteiger partial charge in [0.05, 0.1) is 12.1 Å². The number of nitrogens with zero attached hydrogens (tertiary/aromatic N) is 3. The van der Waals surface area contributed by atoms with Crippen LogP contribution in [0.5, 0.6) is 0 Å². The summed E-state index contributed by atoms with van der Waals surface area (Å²) in [5, 5.41) is 0. The van der Waals surface area contributed by atoms with E-state index in [1.807, 2.05) is 57.4 Å². The molecule has 0 N–H and O–H groups in total. The molecule has 8 nitrogen and oxygen atoms in total. The zero-order valence-corrected chi connectivity index (χ0v) is 21.2. The van der Waals surface area contributed by atoms with Crippen LogP contribution in [0.25, 0.3) is 0 Å². The average molecular weight is 472 g/mol. The Bertz CT molecular complexity index is 981. The topological polar surface area (TPSA) is 79.4 Å². The second kappa shape index (κ2) is 7.75. The van der Waals surface area contributed by atoms with Crippen LogP contribution in [0.15, 0.2) is 22.9 Å². The number of hydrogen-bond donors (Lipinski definition) is 0. The number of likely N-dealkylation sites (tertiary alicyclic amines) is 2. The molecule has 5 rings (SSSR count). The predicted molar refractivity (Wildman–Crippen MR) is 126 cm³/mol. The van der Waals surface area contributed by atoms with Gasteiger partial charge in [0.15, 0.2) is 0 Å². The van der Waals surface area contributed by atoms with Gasteiger partial charge in [-0.25, -0.2) is 9.59 Å². The summed E-state index contributed by atoms with van der Waals surface area (Å²) in [5.74, 6) is -0.0549. The predicted octanol–water partition coefficient (Wildman–Crippen LogP) is 3.23. The largest absolute Gasteiger partial charge is 0.455 e. The molecular formula is C26H37N3O5. The zero-order chi connectivity index (χ0) is 24.6. The van der Waals surface area contributed by atoms with Crippen LogP contribution in [0, 0.1) is 5.92 Å². The van der Waals surface area contributed by atoms with Crippen LogP contribution in [-0.2, 0) is 19.1 Å². The Kier molecular flexibility index (Phi) is 5.30. The summed E-state index contributed by atoms with van der Waals surface area (Å²) in [6, 6.07) is 0.506. The third kappa shape index (κ3) is 4.20. The van der Waals surface area contributed by atoms with Gasteiger partial charge in [0, 0.05) is 37.2 Å². The summed E-state index contributed by atoms with van der Waals surface area (Å²) >= 11 is 0. The van der Waals surface area contributed by atoms with E-state index in [0.717, 1.165) is 30.5 Å². The minimum atomic E-state index is -0.617. The molecule has 0 aromatic carbocycles. The lowest BCUT2D eigenvalue weighted by molar-refractivity contribution is -0.154. The fourth-order valence-electron chi connectivity index (χ4n) is 5.78. The molecule has 1 saturated carbocycles. The van der Waals surface area contributed by atoms with Gasteiger partial charge in [-0.2, -0.15) is 0 Å². The van der Waals surface area contributed by atoms with Gasteiger partial charge in [-0.15, -0.1) is 0 Å². The third-order valence-corrected chi connectivity index (χ3v) is 7.24. The van der Waals surface area contributed by atoms with Gasteiger partial charge in [-0.1, -0.05) is 0 Å². The number of amides is 2. The molecule has 4 fully saturated rings. The van der Waals surface area contributed by atoms with Crippen molar-refractivity contribution in [2.75, 3.05) is 19.6 Å². The average Bonchev–Trinajstić information content (AvgIpc) is 3.36. The summed E-state index contributed by atoms with van der Waals surface area (Å²) < 4.78 is 11.4. The highest BCUT2D eigenvalue weighted by atomic mass is 16.6. The van der Waals surface area contributed by atoms with E-state index in [0.29, 0.717) is 37.7 Å². The molecule has 0 aromatic heterocycles. The van der Waals surface area contributed by atoms with Crippen LogP contribution in [0.4, 0.5) is 4.79 Å². The first-order chi connectivity index (χ1) is 15.8. The Morgan fingerprint density at radius 1 is 0.971 bits per heavy atom. The van der Waals surface area contributed by atoms with E-state index in [2.05, 4.69) is 4.90 Å². The van der Waals surface area contributed by atoms with Gasteiger partial charge in [-0.05, 0) is 78.9 Å². The fourth-order valence-corrected chi connectivity index (χ4v) is 5.78. The number of rotatable bonds is 3. The maximum atomic E-state index is 13.3. The summed E-state index contributed by atoms with van der Waals surface area (Å²) in [6.45, 7) is 13.1. The minimum Gasteiger partial charge on any atom is -0.455 e. The van der Waals surface area contributed by atoms with Crippen molar-refractivity contribution in [1.82, 2.24) is 14.7 Å². The van der Waals surface area contributed by atoms with Crippen molar-refractivity contribution in [3.8, 4) is 0 Å². The molecule has 4 heterocycles. The van der Waals surface area contributed by atoms with Gasteiger partial charge >= 0.3 is 12.1 Å².